The summed E-state index contributed by atoms with van der Waals surface area (Å²) in [6.45, 7) is 12.2. The van der Waals surface area contributed by atoms with Gasteiger partial charge in [-0.05, 0) is 103 Å². The van der Waals surface area contributed by atoms with Gasteiger partial charge in [0.2, 0.25) is 0 Å². The van der Waals surface area contributed by atoms with Crippen LogP contribution in [0.25, 0.3) is 17.2 Å². The largest absolute Gasteiger partial charge is 0.494 e. The number of nitrogens with one attached hydrogen (secondary N) is 1. The zero-order valence-electron chi connectivity index (χ0n) is 28.2. The van der Waals surface area contributed by atoms with Crippen LogP contribution >= 0.6 is 0 Å². The number of imidazole rings is 1. The molecule has 1 atom stereocenters. The highest BCUT2D eigenvalue weighted by molar-refractivity contribution is 7.84. The molecule has 3 aromatic carbocycles. The van der Waals surface area contributed by atoms with Crippen LogP contribution in [0.5, 0.6) is 5.75 Å². The monoisotopic (exact) mass is 652 g/mol. The lowest BCUT2D eigenvalue weighted by atomic mass is 9.96. The number of rotatable bonds is 14. The van der Waals surface area contributed by atoms with Crippen molar-refractivity contribution in [3.63, 3.8) is 0 Å². The number of fused-ring (bicyclic) bond motifs is 1. The van der Waals surface area contributed by atoms with Gasteiger partial charge in [0.25, 0.3) is 5.91 Å². The SMILES string of the molecule is CCCCOc1ccc(-c2ccc3c(c2)/C=C(/C(=O)Nc2ccc(S(=O)Cc4cncn4CCC)cc2)CCCN3CC(C)C)cc1. The second-order valence-corrected chi connectivity index (χ2v) is 14.1. The van der Waals surface area contributed by atoms with Crippen molar-refractivity contribution in [2.24, 2.45) is 5.92 Å². The van der Waals surface area contributed by atoms with Crippen LogP contribution in [0.2, 0.25) is 0 Å². The molecule has 0 saturated carbocycles. The molecule has 2 heterocycles. The first-order chi connectivity index (χ1) is 22.8. The molecule has 0 radical (unpaired) electrons. The Labute approximate surface area is 282 Å². The average molecular weight is 653 g/mol. The number of unbranched alkanes of at least 4 members (excludes halogenated alkanes) is 1. The number of aromatic nitrogens is 2. The van der Waals surface area contributed by atoms with E-state index in [2.05, 4.69) is 83.9 Å². The molecule has 1 N–H and O–H groups in total. The average Bonchev–Trinajstić information content (AvgIpc) is 3.49. The molecule has 0 bridgehead atoms. The first-order valence-electron chi connectivity index (χ1n) is 17.0. The van der Waals surface area contributed by atoms with Gasteiger partial charge in [0.1, 0.15) is 5.75 Å². The first-order valence-corrected chi connectivity index (χ1v) is 18.3. The zero-order valence-corrected chi connectivity index (χ0v) is 29.0. The third kappa shape index (κ3) is 9.22. The fourth-order valence-corrected chi connectivity index (χ4v) is 7.01. The van der Waals surface area contributed by atoms with Gasteiger partial charge < -0.3 is 19.5 Å². The van der Waals surface area contributed by atoms with Crippen molar-refractivity contribution in [2.75, 3.05) is 29.9 Å². The van der Waals surface area contributed by atoms with Gasteiger partial charge in [-0.3, -0.25) is 9.00 Å². The van der Waals surface area contributed by atoms with E-state index in [4.69, 9.17) is 4.74 Å². The molecule has 0 aliphatic carbocycles. The lowest BCUT2D eigenvalue weighted by Crippen LogP contribution is -2.30. The van der Waals surface area contributed by atoms with E-state index in [9.17, 15) is 9.00 Å². The van der Waals surface area contributed by atoms with Gasteiger partial charge in [-0.15, -0.1) is 0 Å². The molecule has 5 rings (SSSR count). The molecule has 0 spiro atoms. The highest BCUT2D eigenvalue weighted by Gasteiger charge is 2.20. The highest BCUT2D eigenvalue weighted by Crippen LogP contribution is 2.33. The maximum Gasteiger partial charge on any atom is 0.251 e. The standard InChI is InChI=1S/C39H48N4O3S/c1-5-7-22-46-36-15-10-30(11-16-36)31-12-19-38-33(23-31)24-32(9-8-21-42(38)26-29(3)4)39(44)41-34-13-17-37(18-14-34)47(45)27-35-25-40-28-43(35)20-6-2/h10-19,23-25,28-29H,5-9,20-22,26-27H2,1-4H3,(H,41,44)/b32-24+. The summed E-state index contributed by atoms with van der Waals surface area (Å²) >= 11 is 0. The third-order valence-corrected chi connectivity index (χ3v) is 9.68. The molecule has 8 heteroatoms. The molecule has 0 saturated heterocycles. The summed E-state index contributed by atoms with van der Waals surface area (Å²) < 4.78 is 21.0. The predicted octanol–water partition coefficient (Wildman–Crippen LogP) is 8.73. The Morgan fingerprint density at radius 3 is 2.49 bits per heavy atom. The van der Waals surface area contributed by atoms with Crippen molar-refractivity contribution < 1.29 is 13.7 Å². The van der Waals surface area contributed by atoms with Crippen molar-refractivity contribution in [3.8, 4) is 16.9 Å². The van der Waals surface area contributed by atoms with E-state index in [1.165, 1.54) is 0 Å². The first kappa shape index (κ1) is 34.2. The number of ether oxygens (including phenoxy) is 1. The molecule has 1 aromatic heterocycles. The molecule has 1 aliphatic heterocycles. The van der Waals surface area contributed by atoms with Gasteiger partial charge in [-0.25, -0.2) is 4.98 Å². The zero-order chi connectivity index (χ0) is 33.2. The van der Waals surface area contributed by atoms with E-state index in [1.54, 1.807) is 12.5 Å². The summed E-state index contributed by atoms with van der Waals surface area (Å²) in [6, 6.07) is 22.2. The number of hydrogen-bond acceptors (Lipinski definition) is 5. The number of anilines is 2. The molecule has 47 heavy (non-hydrogen) atoms. The summed E-state index contributed by atoms with van der Waals surface area (Å²) in [7, 11) is -1.21. The minimum Gasteiger partial charge on any atom is -0.494 e. The van der Waals surface area contributed by atoms with Crippen LogP contribution in [0.4, 0.5) is 11.4 Å². The number of benzene rings is 3. The summed E-state index contributed by atoms with van der Waals surface area (Å²) in [4.78, 5) is 21.1. The van der Waals surface area contributed by atoms with Gasteiger partial charge in [0.15, 0.2) is 0 Å². The van der Waals surface area contributed by atoms with Crippen molar-refractivity contribution >= 4 is 34.2 Å². The number of aryl methyl sites for hydroxylation is 1. The summed E-state index contributed by atoms with van der Waals surface area (Å²) in [6.07, 6.45) is 10.4. The van der Waals surface area contributed by atoms with Crippen LogP contribution in [-0.2, 0) is 27.9 Å². The van der Waals surface area contributed by atoms with Crippen molar-refractivity contribution in [2.45, 2.75) is 77.0 Å². The molecule has 1 aliphatic rings. The minimum atomic E-state index is -1.21. The fraction of sp³-hybridized carbons (Fsp3) is 0.385. The molecule has 0 fully saturated rings. The Hall–Kier alpha value is -4.17. The van der Waals surface area contributed by atoms with Crippen LogP contribution in [0, 0.1) is 5.92 Å². The molecule has 4 aromatic rings. The quantitative estimate of drug-likeness (QED) is 0.138. The topological polar surface area (TPSA) is 76.5 Å². The van der Waals surface area contributed by atoms with Gasteiger partial charge >= 0.3 is 0 Å². The summed E-state index contributed by atoms with van der Waals surface area (Å²) in [5.74, 6) is 1.70. The molecule has 7 nitrogen and oxygen atoms in total. The van der Waals surface area contributed by atoms with Crippen molar-refractivity contribution in [1.29, 1.82) is 0 Å². The number of carbonyl (C=O) groups is 1. The van der Waals surface area contributed by atoms with Crippen LogP contribution in [0.15, 0.2) is 89.7 Å². The van der Waals surface area contributed by atoms with Crippen LogP contribution in [0.1, 0.15) is 71.1 Å². The second kappa shape index (κ2) is 16.6. The van der Waals surface area contributed by atoms with E-state index in [-0.39, 0.29) is 5.91 Å². The Morgan fingerprint density at radius 2 is 1.77 bits per heavy atom. The van der Waals surface area contributed by atoms with E-state index in [1.807, 2.05) is 36.4 Å². The van der Waals surface area contributed by atoms with E-state index in [0.717, 1.165) is 96.2 Å². The Kier molecular flexibility index (Phi) is 12.1. The Bertz CT molecular complexity index is 1680. The van der Waals surface area contributed by atoms with Gasteiger partial charge in [-0.1, -0.05) is 52.3 Å². The number of amides is 1. The van der Waals surface area contributed by atoms with E-state index in [0.29, 0.717) is 23.8 Å². The normalized spacial score (nSPS) is 14.9. The van der Waals surface area contributed by atoms with E-state index < -0.39 is 10.8 Å². The lowest BCUT2D eigenvalue weighted by molar-refractivity contribution is -0.112. The van der Waals surface area contributed by atoms with E-state index >= 15 is 0 Å². The van der Waals surface area contributed by atoms with Crippen LogP contribution in [-0.4, -0.2) is 39.4 Å². The Morgan fingerprint density at radius 1 is 1.00 bits per heavy atom. The second-order valence-electron chi connectivity index (χ2n) is 12.7. The smallest absolute Gasteiger partial charge is 0.251 e. The van der Waals surface area contributed by atoms with Crippen LogP contribution in [0.3, 0.4) is 0 Å². The maximum absolute atomic E-state index is 13.7. The van der Waals surface area contributed by atoms with Gasteiger partial charge in [-0.2, -0.15) is 0 Å². The predicted molar refractivity (Wildman–Crippen MR) is 194 cm³/mol. The molecule has 1 unspecified atom stereocenters. The number of carbonyl (C=O) groups excluding carboxylic acids is 1. The summed E-state index contributed by atoms with van der Waals surface area (Å²) in [5.41, 5.74) is 6.81. The maximum atomic E-state index is 13.7. The molecular weight excluding hydrogens is 605 g/mol. The van der Waals surface area contributed by atoms with Crippen molar-refractivity contribution in [3.05, 3.63) is 96.1 Å². The number of nitrogens with zero attached hydrogens (tertiary/aromatic N) is 3. The third-order valence-electron chi connectivity index (χ3n) is 8.32. The van der Waals surface area contributed by atoms with Gasteiger partial charge in [0.05, 0.1) is 35.2 Å². The fourth-order valence-electron chi connectivity index (χ4n) is 5.90. The molecule has 1 amide bonds. The van der Waals surface area contributed by atoms with Crippen LogP contribution < -0.4 is 15.0 Å². The number of hydrogen-bond donors (Lipinski definition) is 1. The lowest BCUT2D eigenvalue weighted by Gasteiger charge is -2.30. The van der Waals surface area contributed by atoms with Gasteiger partial charge in [0, 0.05) is 47.7 Å². The minimum absolute atomic E-state index is 0.107. The highest BCUT2D eigenvalue weighted by atomic mass is 32.2. The molecular formula is C39H48N4O3S. The molecule has 248 valence electrons. The van der Waals surface area contributed by atoms with Crippen molar-refractivity contribution in [1.82, 2.24) is 9.55 Å². The Balaban J connectivity index is 1.34. The summed E-state index contributed by atoms with van der Waals surface area (Å²) in [5, 5.41) is 3.10.